The van der Waals surface area contributed by atoms with Crippen molar-refractivity contribution in [1.82, 2.24) is 0 Å². The fourth-order valence-electron chi connectivity index (χ4n) is 5.54. The minimum Gasteiger partial charge on any atom is -0.274 e. The molecule has 3 aromatic rings. The lowest BCUT2D eigenvalue weighted by atomic mass is 9.54. The zero-order chi connectivity index (χ0) is 20.8. The third-order valence-corrected chi connectivity index (χ3v) is 10.0. The van der Waals surface area contributed by atoms with Gasteiger partial charge in [0.25, 0.3) is 0 Å². The highest BCUT2D eigenvalue weighted by Crippen LogP contribution is 2.70. The normalized spacial score (nSPS) is 30.8. The first-order valence-corrected chi connectivity index (χ1v) is 12.0. The predicted octanol–water partition coefficient (Wildman–Crippen LogP) is 5.86. The van der Waals surface area contributed by atoms with Gasteiger partial charge in [0.2, 0.25) is 11.8 Å². The maximum atomic E-state index is 13.9. The second-order valence-corrected chi connectivity index (χ2v) is 11.3. The van der Waals surface area contributed by atoms with Crippen molar-refractivity contribution < 1.29 is 9.59 Å². The van der Waals surface area contributed by atoms with E-state index in [9.17, 15) is 9.59 Å². The second kappa shape index (κ2) is 6.15. The van der Waals surface area contributed by atoms with Crippen molar-refractivity contribution in [2.75, 3.05) is 4.90 Å². The van der Waals surface area contributed by atoms with Gasteiger partial charge in [0.15, 0.2) is 0 Å². The molecule has 3 aliphatic carbocycles. The summed E-state index contributed by atoms with van der Waals surface area (Å²) < 4.78 is -0.799. The van der Waals surface area contributed by atoms with E-state index in [4.69, 9.17) is 0 Å². The molecule has 1 aliphatic heterocycles. The lowest BCUT2D eigenvalue weighted by Gasteiger charge is -2.55. The Morgan fingerprint density at radius 2 is 1.00 bits per heavy atom. The summed E-state index contributed by atoms with van der Waals surface area (Å²) in [6.07, 6.45) is 0. The fraction of sp³-hybridized carbons (Fsp3) is 0.167. The van der Waals surface area contributed by atoms with E-state index in [1.807, 2.05) is 42.5 Å². The van der Waals surface area contributed by atoms with Gasteiger partial charge in [-0.15, -0.1) is 0 Å². The molecule has 0 N–H and O–H groups in total. The number of imide groups is 1. The van der Waals surface area contributed by atoms with Gasteiger partial charge < -0.3 is 0 Å². The van der Waals surface area contributed by atoms with E-state index in [1.54, 1.807) is 6.07 Å². The van der Waals surface area contributed by atoms with Gasteiger partial charge in [0.1, 0.15) is 0 Å². The topological polar surface area (TPSA) is 37.4 Å². The van der Waals surface area contributed by atoms with Crippen molar-refractivity contribution in [2.24, 2.45) is 11.8 Å². The third-order valence-electron chi connectivity index (χ3n) is 6.68. The fourth-order valence-corrected chi connectivity index (χ4v) is 8.30. The quantitative estimate of drug-likeness (QED) is 0.264. The van der Waals surface area contributed by atoms with Gasteiger partial charge in [0, 0.05) is 4.47 Å². The van der Waals surface area contributed by atoms with Crippen molar-refractivity contribution in [3.63, 3.8) is 0 Å². The molecular formula is C24H14Br3NO2. The second-order valence-electron chi connectivity index (χ2n) is 7.93. The number of nitrogens with zero attached hydrogens (tertiary/aromatic N) is 1. The monoisotopic (exact) mass is 585 g/mol. The van der Waals surface area contributed by atoms with Crippen LogP contribution in [0.4, 0.5) is 5.69 Å². The number of benzene rings is 3. The number of rotatable bonds is 1. The molecule has 0 unspecified atom stereocenters. The Balaban J connectivity index is 1.68. The molecule has 1 heterocycles. The number of carbonyl (C=O) groups excluding carboxylic acids is 2. The zero-order valence-electron chi connectivity index (χ0n) is 15.5. The molecule has 1 saturated heterocycles. The number of amides is 2. The minimum atomic E-state index is -0.761. The van der Waals surface area contributed by atoms with Crippen molar-refractivity contribution in [3.8, 4) is 0 Å². The average Bonchev–Trinajstić information content (AvgIpc) is 3.04. The summed E-state index contributed by atoms with van der Waals surface area (Å²) >= 11 is 11.6. The Morgan fingerprint density at radius 3 is 1.40 bits per heavy atom. The highest BCUT2D eigenvalue weighted by Gasteiger charge is 2.72. The molecule has 0 aromatic heterocycles. The molecule has 3 aromatic carbocycles. The number of para-hydroxylation sites is 1. The maximum absolute atomic E-state index is 13.9. The van der Waals surface area contributed by atoms with Crippen LogP contribution in [0.25, 0.3) is 0 Å². The lowest BCUT2D eigenvalue weighted by Crippen LogP contribution is -2.56. The molecule has 2 amide bonds. The molecular weight excluding hydrogens is 574 g/mol. The Bertz CT molecular complexity index is 1150. The van der Waals surface area contributed by atoms with Crippen LogP contribution < -0.4 is 4.90 Å². The molecule has 148 valence electrons. The van der Waals surface area contributed by atoms with Crippen molar-refractivity contribution >= 4 is 65.3 Å². The molecule has 2 atom stereocenters. The SMILES string of the molecule is O=C1[C@@H]2[C@H](C(=O)N1c1ccccc1Br)C1(Br)c3ccccc3C2(Br)c2ccccc21. The lowest BCUT2D eigenvalue weighted by molar-refractivity contribution is -0.122. The number of halogens is 3. The zero-order valence-corrected chi connectivity index (χ0v) is 20.2. The molecule has 0 spiro atoms. The van der Waals surface area contributed by atoms with Crippen LogP contribution in [-0.4, -0.2) is 11.8 Å². The molecule has 7 rings (SSSR count). The van der Waals surface area contributed by atoms with Crippen LogP contribution in [0, 0.1) is 11.8 Å². The predicted molar refractivity (Wildman–Crippen MR) is 126 cm³/mol. The van der Waals surface area contributed by atoms with Crippen LogP contribution in [0.3, 0.4) is 0 Å². The van der Waals surface area contributed by atoms with Crippen LogP contribution in [0.15, 0.2) is 77.3 Å². The van der Waals surface area contributed by atoms with Gasteiger partial charge in [-0.2, -0.15) is 0 Å². The molecule has 1 fully saturated rings. The number of hydrogen-bond donors (Lipinski definition) is 0. The highest BCUT2D eigenvalue weighted by molar-refractivity contribution is 9.10. The summed E-state index contributed by atoms with van der Waals surface area (Å²) in [4.78, 5) is 29.2. The third kappa shape index (κ3) is 2.01. The van der Waals surface area contributed by atoms with E-state index in [1.165, 1.54) is 4.90 Å². The summed E-state index contributed by atoms with van der Waals surface area (Å²) in [5.74, 6) is -1.47. The highest BCUT2D eigenvalue weighted by atomic mass is 79.9. The Labute approximate surface area is 198 Å². The van der Waals surface area contributed by atoms with Gasteiger partial charge in [-0.1, -0.05) is 92.5 Å². The first-order chi connectivity index (χ1) is 14.4. The summed E-state index contributed by atoms with van der Waals surface area (Å²) in [6, 6.07) is 23.6. The van der Waals surface area contributed by atoms with E-state index in [2.05, 4.69) is 72.1 Å². The van der Waals surface area contributed by atoms with Gasteiger partial charge >= 0.3 is 0 Å². The van der Waals surface area contributed by atoms with E-state index >= 15 is 0 Å². The van der Waals surface area contributed by atoms with Crippen LogP contribution in [-0.2, 0) is 18.2 Å². The minimum absolute atomic E-state index is 0.179. The van der Waals surface area contributed by atoms with Crippen molar-refractivity contribution in [1.29, 1.82) is 0 Å². The molecule has 0 radical (unpaired) electrons. The van der Waals surface area contributed by atoms with E-state index in [0.717, 1.165) is 26.7 Å². The average molecular weight is 588 g/mol. The summed E-state index contributed by atoms with van der Waals surface area (Å²) in [5, 5.41) is 0. The number of carbonyl (C=O) groups is 2. The molecule has 30 heavy (non-hydrogen) atoms. The van der Waals surface area contributed by atoms with E-state index < -0.39 is 20.5 Å². The standard InChI is InChI=1S/C24H14Br3NO2/c25-17-11-5-6-12-18(17)28-21(29)19-20(22(28)30)24(27)14-8-2-1-7-13(14)23(19,26)15-9-3-4-10-16(15)24/h1-12,19-20H/t19-,20+,23?,24?. The molecule has 6 heteroatoms. The molecule has 2 bridgehead atoms. The summed E-state index contributed by atoms with van der Waals surface area (Å²) in [7, 11) is 0. The van der Waals surface area contributed by atoms with Gasteiger partial charge in [-0.3, -0.25) is 9.59 Å². The Kier molecular flexibility index (Phi) is 3.89. The van der Waals surface area contributed by atoms with Crippen LogP contribution in [0.5, 0.6) is 0 Å². The van der Waals surface area contributed by atoms with E-state index in [0.29, 0.717) is 5.69 Å². The van der Waals surface area contributed by atoms with Crippen molar-refractivity contribution in [2.45, 2.75) is 8.65 Å². The van der Waals surface area contributed by atoms with Gasteiger partial charge in [0.05, 0.1) is 26.2 Å². The molecule has 3 nitrogen and oxygen atoms in total. The van der Waals surface area contributed by atoms with Crippen LogP contribution >= 0.6 is 47.8 Å². The smallest absolute Gasteiger partial charge is 0.239 e. The Morgan fingerprint density at radius 1 is 0.633 bits per heavy atom. The first kappa shape index (κ1) is 19.0. The van der Waals surface area contributed by atoms with Crippen LogP contribution in [0.1, 0.15) is 22.3 Å². The Hall–Kier alpha value is -1.76. The maximum Gasteiger partial charge on any atom is 0.239 e. The number of alkyl halides is 2. The number of anilines is 1. The van der Waals surface area contributed by atoms with Gasteiger partial charge in [-0.05, 0) is 50.3 Å². The van der Waals surface area contributed by atoms with Gasteiger partial charge in [-0.25, -0.2) is 4.90 Å². The summed E-state index contributed by atoms with van der Waals surface area (Å²) in [6.45, 7) is 0. The summed E-state index contributed by atoms with van der Waals surface area (Å²) in [5.41, 5.74) is 4.74. The largest absolute Gasteiger partial charge is 0.274 e. The van der Waals surface area contributed by atoms with Crippen molar-refractivity contribution in [3.05, 3.63) is 99.5 Å². The van der Waals surface area contributed by atoms with Crippen LogP contribution in [0.2, 0.25) is 0 Å². The molecule has 4 aliphatic rings. The first-order valence-electron chi connectivity index (χ1n) is 9.62. The number of hydrogen-bond acceptors (Lipinski definition) is 2. The van der Waals surface area contributed by atoms with E-state index in [-0.39, 0.29) is 11.8 Å². The molecule has 0 saturated carbocycles.